The third kappa shape index (κ3) is 10.5. The van der Waals surface area contributed by atoms with Crippen LogP contribution in [0.15, 0.2) is 23.2 Å². The molecule has 0 aromatic heterocycles. The predicted octanol–water partition coefficient (Wildman–Crippen LogP) is 2.84. The van der Waals surface area contributed by atoms with Crippen molar-refractivity contribution in [2.24, 2.45) is 4.99 Å². The summed E-state index contributed by atoms with van der Waals surface area (Å²) in [6, 6.07) is 5.51. The molecule has 1 aliphatic rings. The summed E-state index contributed by atoms with van der Waals surface area (Å²) in [5.74, 6) is 2.96. The van der Waals surface area contributed by atoms with Crippen molar-refractivity contribution in [2.45, 2.75) is 32.3 Å². The molecule has 8 nitrogen and oxygen atoms in total. The number of guanidine groups is 1. The van der Waals surface area contributed by atoms with Crippen molar-refractivity contribution < 1.29 is 23.7 Å². The van der Waals surface area contributed by atoms with Gasteiger partial charge in [-0.25, -0.2) is 0 Å². The van der Waals surface area contributed by atoms with E-state index < -0.39 is 0 Å². The summed E-state index contributed by atoms with van der Waals surface area (Å²) in [5.41, 5.74) is 0. The van der Waals surface area contributed by atoms with Gasteiger partial charge in [-0.3, -0.25) is 4.99 Å². The molecule has 0 aliphatic carbocycles. The van der Waals surface area contributed by atoms with Gasteiger partial charge in [0, 0.05) is 57.5 Å². The van der Waals surface area contributed by atoms with E-state index in [0.717, 1.165) is 63.9 Å². The summed E-state index contributed by atoms with van der Waals surface area (Å²) in [7, 11) is 3.25. The van der Waals surface area contributed by atoms with Crippen LogP contribution in [0.5, 0.6) is 17.2 Å². The molecule has 172 valence electrons. The zero-order valence-electron chi connectivity index (χ0n) is 18.3. The number of benzene rings is 1. The quantitative estimate of drug-likeness (QED) is 0.173. The van der Waals surface area contributed by atoms with E-state index in [2.05, 4.69) is 22.5 Å². The molecule has 0 amide bonds. The van der Waals surface area contributed by atoms with Gasteiger partial charge in [0.1, 0.15) is 17.2 Å². The normalized spacial score (nSPS) is 16.0. The molecule has 1 aromatic rings. The number of nitrogens with zero attached hydrogens (tertiary/aromatic N) is 1. The lowest BCUT2D eigenvalue weighted by Gasteiger charge is -2.13. The second-order valence-electron chi connectivity index (χ2n) is 6.65. The molecule has 0 saturated carbocycles. The van der Waals surface area contributed by atoms with Crippen LogP contribution in [0.4, 0.5) is 0 Å². The first-order valence-corrected chi connectivity index (χ1v) is 10.3. The van der Waals surface area contributed by atoms with E-state index in [1.807, 2.05) is 18.2 Å². The third-order valence-corrected chi connectivity index (χ3v) is 4.37. The third-order valence-electron chi connectivity index (χ3n) is 4.37. The SMILES string of the molecule is CCNC(=NCCCOc1cc(OC)cc(OC)c1)NCCCOC1CCOC1.I. The highest BCUT2D eigenvalue weighted by molar-refractivity contribution is 14.0. The number of hydrogen-bond acceptors (Lipinski definition) is 6. The fourth-order valence-electron chi connectivity index (χ4n) is 2.83. The molecule has 0 radical (unpaired) electrons. The number of rotatable bonds is 13. The molecule has 1 unspecified atom stereocenters. The molecule has 1 atom stereocenters. The van der Waals surface area contributed by atoms with E-state index in [4.69, 9.17) is 23.7 Å². The second-order valence-corrected chi connectivity index (χ2v) is 6.65. The zero-order chi connectivity index (χ0) is 20.7. The molecular formula is C21H36IN3O5. The average molecular weight is 537 g/mol. The Morgan fingerprint density at radius 3 is 2.43 bits per heavy atom. The van der Waals surface area contributed by atoms with Gasteiger partial charge in [0.15, 0.2) is 5.96 Å². The lowest BCUT2D eigenvalue weighted by atomic mass is 10.3. The van der Waals surface area contributed by atoms with Gasteiger partial charge in [-0.1, -0.05) is 0 Å². The van der Waals surface area contributed by atoms with Crippen molar-refractivity contribution in [1.29, 1.82) is 0 Å². The van der Waals surface area contributed by atoms with Crippen LogP contribution in [-0.2, 0) is 9.47 Å². The Bertz CT molecular complexity index is 590. The fraction of sp³-hybridized carbons (Fsp3) is 0.667. The van der Waals surface area contributed by atoms with Crippen molar-refractivity contribution in [1.82, 2.24) is 10.6 Å². The maximum atomic E-state index is 5.80. The molecule has 9 heteroatoms. The van der Waals surface area contributed by atoms with Crippen LogP contribution in [0, 0.1) is 0 Å². The average Bonchev–Trinajstić information content (AvgIpc) is 3.26. The summed E-state index contributed by atoms with van der Waals surface area (Å²) in [6.45, 7) is 7.21. The molecule has 2 N–H and O–H groups in total. The highest BCUT2D eigenvalue weighted by atomic mass is 127. The summed E-state index contributed by atoms with van der Waals surface area (Å²) in [5, 5.41) is 6.60. The molecule has 2 rings (SSSR count). The number of nitrogens with one attached hydrogen (secondary N) is 2. The Morgan fingerprint density at radius 2 is 1.80 bits per heavy atom. The standard InChI is InChI=1S/C21H35N3O5.HI/c1-4-22-21(23-8-5-10-28-17-7-12-27-16-17)24-9-6-11-29-20-14-18(25-2)13-19(15-20)26-3;/h13-15,17H,4-12,16H2,1-3H3,(H2,22,23,24);1H. The minimum atomic E-state index is 0. The van der Waals surface area contributed by atoms with Gasteiger partial charge < -0.3 is 34.3 Å². The van der Waals surface area contributed by atoms with E-state index in [1.165, 1.54) is 0 Å². The maximum Gasteiger partial charge on any atom is 0.191 e. The smallest absolute Gasteiger partial charge is 0.191 e. The van der Waals surface area contributed by atoms with Crippen molar-refractivity contribution >= 4 is 29.9 Å². The molecule has 1 aliphatic heterocycles. The minimum absolute atomic E-state index is 0. The van der Waals surface area contributed by atoms with E-state index in [1.54, 1.807) is 14.2 Å². The predicted molar refractivity (Wildman–Crippen MR) is 129 cm³/mol. The first kappa shape index (κ1) is 26.6. The Labute approximate surface area is 197 Å². The van der Waals surface area contributed by atoms with Gasteiger partial charge in [-0.15, -0.1) is 24.0 Å². The van der Waals surface area contributed by atoms with E-state index in [9.17, 15) is 0 Å². The van der Waals surface area contributed by atoms with Crippen LogP contribution in [0.25, 0.3) is 0 Å². The zero-order valence-corrected chi connectivity index (χ0v) is 20.6. The largest absolute Gasteiger partial charge is 0.496 e. The lowest BCUT2D eigenvalue weighted by Crippen LogP contribution is -2.38. The topological polar surface area (TPSA) is 82.6 Å². The second kappa shape index (κ2) is 16.3. The van der Waals surface area contributed by atoms with Gasteiger partial charge >= 0.3 is 0 Å². The minimum Gasteiger partial charge on any atom is -0.496 e. The van der Waals surface area contributed by atoms with Gasteiger partial charge in [0.2, 0.25) is 0 Å². The monoisotopic (exact) mass is 537 g/mol. The Balaban J connectivity index is 0.00000450. The molecular weight excluding hydrogens is 501 g/mol. The molecule has 1 fully saturated rings. The van der Waals surface area contributed by atoms with Gasteiger partial charge in [0.05, 0.1) is 33.5 Å². The summed E-state index contributed by atoms with van der Waals surface area (Å²) in [4.78, 5) is 4.59. The van der Waals surface area contributed by atoms with E-state index >= 15 is 0 Å². The van der Waals surface area contributed by atoms with Crippen molar-refractivity contribution in [3.63, 3.8) is 0 Å². The van der Waals surface area contributed by atoms with Crippen LogP contribution in [0.1, 0.15) is 26.2 Å². The first-order valence-electron chi connectivity index (χ1n) is 10.3. The first-order chi connectivity index (χ1) is 14.2. The maximum absolute atomic E-state index is 5.80. The van der Waals surface area contributed by atoms with E-state index in [0.29, 0.717) is 24.7 Å². The number of halogens is 1. The van der Waals surface area contributed by atoms with Crippen molar-refractivity contribution in [2.75, 3.05) is 60.3 Å². The highest BCUT2D eigenvalue weighted by Gasteiger charge is 2.15. The number of ether oxygens (including phenoxy) is 5. The lowest BCUT2D eigenvalue weighted by molar-refractivity contribution is 0.0420. The molecule has 0 bridgehead atoms. The highest BCUT2D eigenvalue weighted by Crippen LogP contribution is 2.27. The molecule has 1 aromatic carbocycles. The Kier molecular flexibility index (Phi) is 14.4. The van der Waals surface area contributed by atoms with Crippen LogP contribution in [0.2, 0.25) is 0 Å². The van der Waals surface area contributed by atoms with Crippen molar-refractivity contribution in [3.05, 3.63) is 18.2 Å². The number of aliphatic imine (C=N–C) groups is 1. The molecule has 0 spiro atoms. The van der Waals surface area contributed by atoms with Gasteiger partial charge in [-0.05, 0) is 19.8 Å². The van der Waals surface area contributed by atoms with Crippen LogP contribution < -0.4 is 24.8 Å². The summed E-state index contributed by atoms with van der Waals surface area (Å²) < 4.78 is 27.4. The fourth-order valence-corrected chi connectivity index (χ4v) is 2.83. The van der Waals surface area contributed by atoms with Crippen LogP contribution in [0.3, 0.4) is 0 Å². The molecule has 1 heterocycles. The van der Waals surface area contributed by atoms with Crippen LogP contribution >= 0.6 is 24.0 Å². The van der Waals surface area contributed by atoms with Crippen molar-refractivity contribution in [3.8, 4) is 17.2 Å². The van der Waals surface area contributed by atoms with Crippen LogP contribution in [-0.4, -0.2) is 72.3 Å². The summed E-state index contributed by atoms with van der Waals surface area (Å²) in [6.07, 6.45) is 3.01. The Morgan fingerprint density at radius 1 is 1.07 bits per heavy atom. The molecule has 1 saturated heterocycles. The van der Waals surface area contributed by atoms with Gasteiger partial charge in [-0.2, -0.15) is 0 Å². The van der Waals surface area contributed by atoms with Gasteiger partial charge in [0.25, 0.3) is 0 Å². The number of hydrogen-bond donors (Lipinski definition) is 2. The summed E-state index contributed by atoms with van der Waals surface area (Å²) >= 11 is 0. The Hall–Kier alpha value is -1.46. The molecule has 30 heavy (non-hydrogen) atoms. The number of methoxy groups -OCH3 is 2. The van der Waals surface area contributed by atoms with E-state index in [-0.39, 0.29) is 30.1 Å².